The zero-order chi connectivity index (χ0) is 16.6. The van der Waals surface area contributed by atoms with E-state index in [0.717, 1.165) is 0 Å². The van der Waals surface area contributed by atoms with Gasteiger partial charge in [-0.2, -0.15) is 5.26 Å². The van der Waals surface area contributed by atoms with Gasteiger partial charge in [0.25, 0.3) is 5.56 Å². The average molecular weight is 305 g/mol. The molecule has 1 aliphatic rings. The zero-order valence-corrected chi connectivity index (χ0v) is 12.8. The molecule has 0 aliphatic heterocycles. The van der Waals surface area contributed by atoms with E-state index in [9.17, 15) is 10.0 Å². The van der Waals surface area contributed by atoms with Gasteiger partial charge in [-0.1, -0.05) is 31.1 Å². The quantitative estimate of drug-likeness (QED) is 0.650. The Morgan fingerprint density at radius 3 is 2.65 bits per heavy atom. The Labute approximate surface area is 133 Å². The molecule has 114 valence electrons. The maximum Gasteiger partial charge on any atom is 0.255 e. The van der Waals surface area contributed by atoms with Crippen molar-refractivity contribution in [2.24, 2.45) is 10.6 Å². The third-order valence-electron chi connectivity index (χ3n) is 3.97. The van der Waals surface area contributed by atoms with E-state index < -0.39 is 5.41 Å². The van der Waals surface area contributed by atoms with E-state index in [0.29, 0.717) is 28.1 Å². The summed E-state index contributed by atoms with van der Waals surface area (Å²) in [5.74, 6) is 0. The summed E-state index contributed by atoms with van der Waals surface area (Å²) in [6.07, 6.45) is 3.57. The van der Waals surface area contributed by atoms with Crippen molar-refractivity contribution in [2.45, 2.75) is 13.8 Å². The van der Waals surface area contributed by atoms with Gasteiger partial charge in [-0.3, -0.25) is 9.36 Å². The lowest BCUT2D eigenvalue weighted by atomic mass is 9.75. The molecule has 0 fully saturated rings. The third-order valence-corrected chi connectivity index (χ3v) is 3.97. The number of benzene rings is 1. The van der Waals surface area contributed by atoms with Gasteiger partial charge in [-0.25, -0.2) is 0 Å². The van der Waals surface area contributed by atoms with Gasteiger partial charge < -0.3 is 5.21 Å². The number of nitriles is 1. The summed E-state index contributed by atoms with van der Waals surface area (Å²) in [4.78, 5) is 12.2. The highest BCUT2D eigenvalue weighted by Crippen LogP contribution is 2.37. The van der Waals surface area contributed by atoms with Crippen LogP contribution in [0.15, 0.2) is 58.6 Å². The summed E-state index contributed by atoms with van der Waals surface area (Å²) < 4.78 is 1.54. The van der Waals surface area contributed by atoms with E-state index in [1.165, 1.54) is 10.6 Å². The van der Waals surface area contributed by atoms with Crippen molar-refractivity contribution >= 4 is 11.4 Å². The van der Waals surface area contributed by atoms with Crippen LogP contribution in [-0.2, 0) is 0 Å². The summed E-state index contributed by atoms with van der Waals surface area (Å²) in [5, 5.41) is 22.0. The van der Waals surface area contributed by atoms with Crippen molar-refractivity contribution in [3.8, 4) is 6.07 Å². The van der Waals surface area contributed by atoms with Gasteiger partial charge in [0.2, 0.25) is 0 Å². The molecule has 1 N–H and O–H groups in total. The van der Waals surface area contributed by atoms with Crippen molar-refractivity contribution in [1.82, 2.24) is 4.57 Å². The Hall–Kier alpha value is -3.13. The van der Waals surface area contributed by atoms with Gasteiger partial charge >= 0.3 is 0 Å². The fraction of sp³-hybridized carbons (Fsp3) is 0.167. The lowest BCUT2D eigenvalue weighted by Crippen LogP contribution is -2.31. The molecule has 2 aromatic rings. The minimum atomic E-state index is -0.555. The molecule has 1 aliphatic carbocycles. The molecule has 0 amide bonds. The maximum absolute atomic E-state index is 12.2. The van der Waals surface area contributed by atoms with Crippen molar-refractivity contribution < 1.29 is 5.21 Å². The second-order valence-corrected chi connectivity index (χ2v) is 5.98. The van der Waals surface area contributed by atoms with Crippen LogP contribution in [0, 0.1) is 16.7 Å². The zero-order valence-electron chi connectivity index (χ0n) is 12.8. The van der Waals surface area contributed by atoms with Crippen LogP contribution in [0.3, 0.4) is 0 Å². The van der Waals surface area contributed by atoms with E-state index >= 15 is 0 Å². The van der Waals surface area contributed by atoms with Gasteiger partial charge in [-0.05, 0) is 24.3 Å². The highest BCUT2D eigenvalue weighted by molar-refractivity contribution is 6.11. The highest BCUT2D eigenvalue weighted by atomic mass is 16.4. The Bertz CT molecular complexity index is 943. The first-order valence-electron chi connectivity index (χ1n) is 7.16. The molecular formula is C18H15N3O2. The van der Waals surface area contributed by atoms with E-state index in [-0.39, 0.29) is 5.56 Å². The molecule has 0 bridgehead atoms. The van der Waals surface area contributed by atoms with Crippen LogP contribution < -0.4 is 5.56 Å². The SMILES string of the molecule is CC1(C)C=C(n2ccccc2=O)c2cc(C#N)ccc2/C1=N\O. The monoisotopic (exact) mass is 305 g/mol. The first-order valence-corrected chi connectivity index (χ1v) is 7.16. The number of rotatable bonds is 1. The topological polar surface area (TPSA) is 78.4 Å². The van der Waals surface area contributed by atoms with Gasteiger partial charge in [0, 0.05) is 28.8 Å². The molecule has 5 nitrogen and oxygen atoms in total. The number of aromatic nitrogens is 1. The van der Waals surface area contributed by atoms with Crippen LogP contribution in [0.4, 0.5) is 0 Å². The molecule has 0 saturated heterocycles. The average Bonchev–Trinajstić information content (AvgIpc) is 2.54. The molecule has 0 spiro atoms. The summed E-state index contributed by atoms with van der Waals surface area (Å²) in [6, 6.07) is 12.2. The highest BCUT2D eigenvalue weighted by Gasteiger charge is 2.33. The fourth-order valence-corrected chi connectivity index (χ4v) is 2.88. The lowest BCUT2D eigenvalue weighted by molar-refractivity contribution is 0.313. The Balaban J connectivity index is 2.37. The number of allylic oxidation sites excluding steroid dienone is 1. The molecule has 0 saturated carbocycles. The third kappa shape index (κ3) is 2.34. The number of oxime groups is 1. The summed E-state index contributed by atoms with van der Waals surface area (Å²) in [5.41, 5.74) is 2.36. The fourth-order valence-electron chi connectivity index (χ4n) is 2.88. The van der Waals surface area contributed by atoms with Crippen molar-refractivity contribution in [3.63, 3.8) is 0 Å². The first-order chi connectivity index (χ1) is 11.0. The minimum absolute atomic E-state index is 0.160. The molecule has 23 heavy (non-hydrogen) atoms. The molecule has 0 unspecified atom stereocenters. The predicted octanol–water partition coefficient (Wildman–Crippen LogP) is 2.83. The number of hydrogen-bond acceptors (Lipinski definition) is 4. The second kappa shape index (κ2) is 5.25. The van der Waals surface area contributed by atoms with Crippen LogP contribution in [0.2, 0.25) is 0 Å². The van der Waals surface area contributed by atoms with E-state index in [1.807, 2.05) is 19.9 Å². The normalized spacial score (nSPS) is 17.3. The van der Waals surface area contributed by atoms with Crippen molar-refractivity contribution in [3.05, 3.63) is 75.7 Å². The van der Waals surface area contributed by atoms with Gasteiger partial charge in [0.05, 0.1) is 23.0 Å². The van der Waals surface area contributed by atoms with Crippen LogP contribution in [-0.4, -0.2) is 15.5 Å². The maximum atomic E-state index is 12.2. The second-order valence-electron chi connectivity index (χ2n) is 5.98. The Kier molecular flexibility index (Phi) is 3.38. The standard InChI is InChI=1S/C18H15N3O2/c1-18(2)10-15(21-8-4-3-5-16(21)22)14-9-12(11-19)6-7-13(14)17(18)20-23/h3-10,23H,1-2H3/b20-17+. The van der Waals surface area contributed by atoms with E-state index in [2.05, 4.69) is 11.2 Å². The minimum Gasteiger partial charge on any atom is -0.411 e. The van der Waals surface area contributed by atoms with Gasteiger partial charge in [0.15, 0.2) is 0 Å². The molecule has 1 aromatic carbocycles. The summed E-state index contributed by atoms with van der Waals surface area (Å²) in [7, 11) is 0. The van der Waals surface area contributed by atoms with Crippen LogP contribution >= 0.6 is 0 Å². The Morgan fingerprint density at radius 1 is 1.22 bits per heavy atom. The largest absolute Gasteiger partial charge is 0.411 e. The molecule has 0 radical (unpaired) electrons. The Morgan fingerprint density at radius 2 is 2.00 bits per heavy atom. The van der Waals surface area contributed by atoms with E-state index in [1.54, 1.807) is 36.5 Å². The van der Waals surface area contributed by atoms with Crippen LogP contribution in [0.25, 0.3) is 5.70 Å². The predicted molar refractivity (Wildman–Crippen MR) is 87.3 cm³/mol. The van der Waals surface area contributed by atoms with Crippen LogP contribution in [0.1, 0.15) is 30.5 Å². The molecular weight excluding hydrogens is 290 g/mol. The molecule has 5 heteroatoms. The van der Waals surface area contributed by atoms with Crippen molar-refractivity contribution in [2.75, 3.05) is 0 Å². The first kappa shape index (κ1) is 14.8. The van der Waals surface area contributed by atoms with Crippen molar-refractivity contribution in [1.29, 1.82) is 5.26 Å². The number of fused-ring (bicyclic) bond motifs is 1. The lowest BCUT2D eigenvalue weighted by Gasteiger charge is -2.31. The van der Waals surface area contributed by atoms with Crippen LogP contribution in [0.5, 0.6) is 0 Å². The number of hydrogen-bond donors (Lipinski definition) is 1. The smallest absolute Gasteiger partial charge is 0.255 e. The summed E-state index contributed by atoms with van der Waals surface area (Å²) >= 11 is 0. The van der Waals surface area contributed by atoms with Gasteiger partial charge in [0.1, 0.15) is 0 Å². The molecule has 1 heterocycles. The van der Waals surface area contributed by atoms with E-state index in [4.69, 9.17) is 5.26 Å². The number of nitrogens with zero attached hydrogens (tertiary/aromatic N) is 3. The molecule has 3 rings (SSSR count). The summed E-state index contributed by atoms with van der Waals surface area (Å²) in [6.45, 7) is 3.83. The van der Waals surface area contributed by atoms with Gasteiger partial charge in [-0.15, -0.1) is 0 Å². The number of pyridine rings is 1. The molecule has 0 atom stereocenters. The molecule has 1 aromatic heterocycles.